The predicted molar refractivity (Wildman–Crippen MR) is 110 cm³/mol. The summed E-state index contributed by atoms with van der Waals surface area (Å²) in [6.07, 6.45) is -1.15. The van der Waals surface area contributed by atoms with Crippen molar-refractivity contribution in [2.24, 2.45) is 0 Å². The van der Waals surface area contributed by atoms with E-state index in [0.717, 1.165) is 28.5 Å². The van der Waals surface area contributed by atoms with Crippen molar-refractivity contribution in [2.75, 3.05) is 16.8 Å². The van der Waals surface area contributed by atoms with E-state index in [0.29, 0.717) is 24.5 Å². The van der Waals surface area contributed by atoms with E-state index in [1.807, 2.05) is 31.2 Å². The molecule has 3 aromatic rings. The van der Waals surface area contributed by atoms with Gasteiger partial charge < -0.3 is 10.2 Å². The number of halogens is 3. The molecule has 30 heavy (non-hydrogen) atoms. The van der Waals surface area contributed by atoms with Crippen LogP contribution in [0.4, 0.5) is 30.5 Å². The van der Waals surface area contributed by atoms with Crippen LogP contribution in [0.25, 0.3) is 5.57 Å². The van der Waals surface area contributed by atoms with Gasteiger partial charge in [0, 0.05) is 24.0 Å². The summed E-state index contributed by atoms with van der Waals surface area (Å²) in [7, 11) is 0. The molecule has 1 aliphatic heterocycles. The standard InChI is InChI=1S/C22H20F3N5/c1-14(2)15-5-7-16(8-6-15)29-20-17-9-11-30(12-19(17)27-13-28-20)21-18(22(23,24)25)4-3-10-26-21/h3-8,10,13H,1,9,11-12H2,2H3,(H,27,28,29). The molecule has 0 unspecified atom stereocenters. The van der Waals surface area contributed by atoms with Gasteiger partial charge in [-0.1, -0.05) is 24.3 Å². The fraction of sp³-hybridized carbons (Fsp3) is 0.227. The highest BCUT2D eigenvalue weighted by Gasteiger charge is 2.36. The number of nitrogens with zero attached hydrogens (tertiary/aromatic N) is 4. The summed E-state index contributed by atoms with van der Waals surface area (Å²) in [5, 5.41) is 3.29. The Balaban J connectivity index is 1.59. The molecule has 3 heterocycles. The summed E-state index contributed by atoms with van der Waals surface area (Å²) in [4.78, 5) is 14.3. The Hall–Kier alpha value is -3.42. The van der Waals surface area contributed by atoms with Crippen LogP contribution in [0.15, 0.2) is 55.5 Å². The number of aromatic nitrogens is 3. The number of hydrogen-bond donors (Lipinski definition) is 1. The average molecular weight is 411 g/mol. The Morgan fingerprint density at radius 3 is 2.57 bits per heavy atom. The van der Waals surface area contributed by atoms with Gasteiger partial charge in [-0.25, -0.2) is 15.0 Å². The number of anilines is 3. The molecule has 0 amide bonds. The van der Waals surface area contributed by atoms with Crippen molar-refractivity contribution in [3.63, 3.8) is 0 Å². The van der Waals surface area contributed by atoms with Crippen molar-refractivity contribution in [3.8, 4) is 0 Å². The smallest absolute Gasteiger partial charge is 0.350 e. The first-order valence-electron chi connectivity index (χ1n) is 9.46. The molecule has 0 bridgehead atoms. The molecular formula is C22H20F3N5. The molecule has 0 saturated heterocycles. The highest BCUT2D eigenvalue weighted by atomic mass is 19.4. The number of allylic oxidation sites excluding steroid dienone is 1. The van der Waals surface area contributed by atoms with E-state index in [2.05, 4.69) is 26.8 Å². The molecule has 8 heteroatoms. The second-order valence-corrected chi connectivity index (χ2v) is 7.17. The molecular weight excluding hydrogens is 391 g/mol. The molecule has 0 spiro atoms. The van der Waals surface area contributed by atoms with Crippen LogP contribution in [0.1, 0.15) is 29.3 Å². The van der Waals surface area contributed by atoms with Gasteiger partial charge in [-0.05, 0) is 43.2 Å². The lowest BCUT2D eigenvalue weighted by atomic mass is 10.0. The molecule has 2 aromatic heterocycles. The SMILES string of the molecule is C=C(C)c1ccc(Nc2ncnc3c2CCN(c2ncccc2C(F)(F)F)C3)cc1. The third-order valence-corrected chi connectivity index (χ3v) is 5.04. The van der Waals surface area contributed by atoms with Gasteiger partial charge in [-0.3, -0.25) is 0 Å². The second-order valence-electron chi connectivity index (χ2n) is 7.17. The first-order valence-corrected chi connectivity index (χ1v) is 9.46. The van der Waals surface area contributed by atoms with Crippen LogP contribution < -0.4 is 10.2 Å². The largest absolute Gasteiger partial charge is 0.419 e. The normalized spacial score (nSPS) is 13.7. The van der Waals surface area contributed by atoms with Crippen LogP contribution in [-0.2, 0) is 19.1 Å². The molecule has 1 aliphatic rings. The molecule has 4 rings (SSSR count). The van der Waals surface area contributed by atoms with Gasteiger partial charge in [-0.15, -0.1) is 0 Å². The zero-order valence-electron chi connectivity index (χ0n) is 16.4. The lowest BCUT2D eigenvalue weighted by Crippen LogP contribution is -2.34. The Morgan fingerprint density at radius 2 is 1.87 bits per heavy atom. The molecule has 154 valence electrons. The van der Waals surface area contributed by atoms with Crippen LogP contribution in [0, 0.1) is 0 Å². The van der Waals surface area contributed by atoms with Crippen molar-refractivity contribution < 1.29 is 13.2 Å². The molecule has 1 N–H and O–H groups in total. The zero-order chi connectivity index (χ0) is 21.3. The number of fused-ring (bicyclic) bond motifs is 1. The quantitative estimate of drug-likeness (QED) is 0.637. The molecule has 1 aromatic carbocycles. The van der Waals surface area contributed by atoms with E-state index in [9.17, 15) is 13.2 Å². The van der Waals surface area contributed by atoms with Crippen LogP contribution in [-0.4, -0.2) is 21.5 Å². The minimum absolute atomic E-state index is 0.0702. The number of benzene rings is 1. The fourth-order valence-electron chi connectivity index (χ4n) is 3.49. The van der Waals surface area contributed by atoms with Crippen LogP contribution in [0.3, 0.4) is 0 Å². The Morgan fingerprint density at radius 1 is 1.10 bits per heavy atom. The molecule has 0 saturated carbocycles. The van der Waals surface area contributed by atoms with E-state index in [1.54, 1.807) is 4.90 Å². The minimum Gasteiger partial charge on any atom is -0.350 e. The molecule has 5 nitrogen and oxygen atoms in total. The van der Waals surface area contributed by atoms with Crippen molar-refractivity contribution in [2.45, 2.75) is 26.1 Å². The number of pyridine rings is 1. The first kappa shape index (κ1) is 19.9. The van der Waals surface area contributed by atoms with Gasteiger partial charge in [0.2, 0.25) is 0 Å². The lowest BCUT2D eigenvalue weighted by Gasteiger charge is -2.31. The summed E-state index contributed by atoms with van der Waals surface area (Å²) in [5.41, 5.74) is 3.76. The number of rotatable bonds is 4. The molecule has 0 atom stereocenters. The van der Waals surface area contributed by atoms with E-state index >= 15 is 0 Å². The number of hydrogen-bond acceptors (Lipinski definition) is 5. The van der Waals surface area contributed by atoms with E-state index < -0.39 is 11.7 Å². The molecule has 0 aliphatic carbocycles. The topological polar surface area (TPSA) is 53.9 Å². The monoisotopic (exact) mass is 411 g/mol. The van der Waals surface area contributed by atoms with Crippen molar-refractivity contribution in [3.05, 3.63) is 77.9 Å². The summed E-state index contributed by atoms with van der Waals surface area (Å²) >= 11 is 0. The van der Waals surface area contributed by atoms with E-state index in [1.165, 1.54) is 18.6 Å². The van der Waals surface area contributed by atoms with Crippen molar-refractivity contribution in [1.82, 2.24) is 15.0 Å². The third-order valence-electron chi connectivity index (χ3n) is 5.04. The van der Waals surface area contributed by atoms with Gasteiger partial charge >= 0.3 is 6.18 Å². The molecule has 0 radical (unpaired) electrons. The fourth-order valence-corrected chi connectivity index (χ4v) is 3.49. The van der Waals surface area contributed by atoms with Gasteiger partial charge in [0.25, 0.3) is 0 Å². The Bertz CT molecular complexity index is 1080. The third kappa shape index (κ3) is 3.98. The second kappa shape index (κ2) is 7.78. The predicted octanol–water partition coefficient (Wildman–Crippen LogP) is 5.23. The Labute approximate surface area is 172 Å². The first-order chi connectivity index (χ1) is 14.3. The zero-order valence-corrected chi connectivity index (χ0v) is 16.4. The summed E-state index contributed by atoms with van der Waals surface area (Å²) in [6, 6.07) is 10.2. The Kier molecular flexibility index (Phi) is 5.15. The summed E-state index contributed by atoms with van der Waals surface area (Å²) in [5.74, 6) is 0.596. The van der Waals surface area contributed by atoms with Crippen LogP contribution in [0.2, 0.25) is 0 Å². The average Bonchev–Trinajstić information content (AvgIpc) is 2.73. The maximum absolute atomic E-state index is 13.4. The minimum atomic E-state index is -4.46. The van der Waals surface area contributed by atoms with Crippen molar-refractivity contribution >= 4 is 22.9 Å². The van der Waals surface area contributed by atoms with Crippen LogP contribution >= 0.6 is 0 Å². The van der Waals surface area contributed by atoms with Gasteiger partial charge in [0.15, 0.2) is 0 Å². The van der Waals surface area contributed by atoms with Crippen LogP contribution in [0.5, 0.6) is 0 Å². The van der Waals surface area contributed by atoms with Gasteiger partial charge in [0.1, 0.15) is 18.0 Å². The van der Waals surface area contributed by atoms with Crippen molar-refractivity contribution in [1.29, 1.82) is 0 Å². The highest BCUT2D eigenvalue weighted by Crippen LogP contribution is 2.37. The van der Waals surface area contributed by atoms with E-state index in [4.69, 9.17) is 0 Å². The van der Waals surface area contributed by atoms with E-state index in [-0.39, 0.29) is 12.4 Å². The maximum atomic E-state index is 13.4. The lowest BCUT2D eigenvalue weighted by molar-refractivity contribution is -0.137. The number of nitrogens with one attached hydrogen (secondary N) is 1. The van der Waals surface area contributed by atoms with Gasteiger partial charge in [-0.2, -0.15) is 13.2 Å². The molecule has 0 fully saturated rings. The van der Waals surface area contributed by atoms with Gasteiger partial charge in [0.05, 0.1) is 17.8 Å². The summed E-state index contributed by atoms with van der Waals surface area (Å²) in [6.45, 7) is 6.50. The maximum Gasteiger partial charge on any atom is 0.419 e. The summed E-state index contributed by atoms with van der Waals surface area (Å²) < 4.78 is 40.1. The number of alkyl halides is 3. The highest BCUT2D eigenvalue weighted by molar-refractivity contribution is 5.67.